The van der Waals surface area contributed by atoms with Crippen molar-refractivity contribution in [3.63, 3.8) is 0 Å². The lowest BCUT2D eigenvalue weighted by Gasteiger charge is -2.16. The SMILES string of the molecule is CCn1c(SCC(=O)Nc2ccccc2)nnc1C(C)Oc1ccc(C)c(C)c1. The van der Waals surface area contributed by atoms with E-state index in [2.05, 4.69) is 35.4 Å². The van der Waals surface area contributed by atoms with Crippen molar-refractivity contribution >= 4 is 23.4 Å². The van der Waals surface area contributed by atoms with Crippen LogP contribution in [-0.4, -0.2) is 26.4 Å². The minimum absolute atomic E-state index is 0.0761. The van der Waals surface area contributed by atoms with Crippen LogP contribution in [0.15, 0.2) is 53.7 Å². The lowest BCUT2D eigenvalue weighted by molar-refractivity contribution is -0.113. The van der Waals surface area contributed by atoms with Crippen LogP contribution in [-0.2, 0) is 11.3 Å². The van der Waals surface area contributed by atoms with Crippen molar-refractivity contribution in [2.75, 3.05) is 11.1 Å². The summed E-state index contributed by atoms with van der Waals surface area (Å²) >= 11 is 1.37. The van der Waals surface area contributed by atoms with Gasteiger partial charge >= 0.3 is 0 Å². The van der Waals surface area contributed by atoms with Crippen LogP contribution < -0.4 is 10.1 Å². The fourth-order valence-corrected chi connectivity index (χ4v) is 3.71. The van der Waals surface area contributed by atoms with E-state index in [1.54, 1.807) is 0 Å². The topological polar surface area (TPSA) is 69.0 Å². The van der Waals surface area contributed by atoms with Gasteiger partial charge in [-0.2, -0.15) is 0 Å². The Bertz CT molecular complexity index is 972. The maximum atomic E-state index is 12.2. The lowest BCUT2D eigenvalue weighted by Crippen LogP contribution is -2.15. The first-order chi connectivity index (χ1) is 14.0. The van der Waals surface area contributed by atoms with Crippen LogP contribution >= 0.6 is 11.8 Å². The molecule has 1 atom stereocenters. The molecule has 6 nitrogen and oxygen atoms in total. The molecule has 0 aliphatic carbocycles. The van der Waals surface area contributed by atoms with Gasteiger partial charge in [-0.1, -0.05) is 36.0 Å². The van der Waals surface area contributed by atoms with Crippen molar-refractivity contribution in [2.45, 2.75) is 45.5 Å². The van der Waals surface area contributed by atoms with E-state index in [4.69, 9.17) is 4.74 Å². The van der Waals surface area contributed by atoms with Gasteiger partial charge in [0.2, 0.25) is 5.91 Å². The van der Waals surface area contributed by atoms with Crippen molar-refractivity contribution in [3.8, 4) is 5.75 Å². The van der Waals surface area contributed by atoms with Gasteiger partial charge < -0.3 is 14.6 Å². The minimum Gasteiger partial charge on any atom is -0.483 e. The number of aromatic nitrogens is 3. The standard InChI is InChI=1S/C22H26N4O2S/c1-5-26-21(17(4)28-19-12-11-15(2)16(3)13-19)24-25-22(26)29-14-20(27)23-18-9-7-6-8-10-18/h6-13,17H,5,14H2,1-4H3,(H,23,27). The van der Waals surface area contributed by atoms with Crippen LogP contribution in [0.4, 0.5) is 5.69 Å². The van der Waals surface area contributed by atoms with E-state index >= 15 is 0 Å². The second-order valence-corrected chi connectivity index (χ2v) is 7.74. The van der Waals surface area contributed by atoms with Gasteiger partial charge in [-0.15, -0.1) is 10.2 Å². The Hall–Kier alpha value is -2.80. The molecule has 1 N–H and O–H groups in total. The summed E-state index contributed by atoms with van der Waals surface area (Å²) in [5, 5.41) is 12.2. The highest BCUT2D eigenvalue weighted by Crippen LogP contribution is 2.26. The largest absolute Gasteiger partial charge is 0.483 e. The number of hydrogen-bond acceptors (Lipinski definition) is 5. The number of hydrogen-bond donors (Lipinski definition) is 1. The van der Waals surface area contributed by atoms with E-state index < -0.39 is 0 Å². The molecule has 1 heterocycles. The third kappa shape index (κ3) is 5.38. The Morgan fingerprint density at radius 1 is 1.14 bits per heavy atom. The molecule has 2 aromatic carbocycles. The summed E-state index contributed by atoms with van der Waals surface area (Å²) < 4.78 is 8.08. The molecule has 0 bridgehead atoms. The summed E-state index contributed by atoms with van der Waals surface area (Å²) in [4.78, 5) is 12.2. The summed E-state index contributed by atoms with van der Waals surface area (Å²) in [7, 11) is 0. The maximum absolute atomic E-state index is 12.2. The van der Waals surface area contributed by atoms with E-state index in [0.29, 0.717) is 11.7 Å². The predicted octanol–water partition coefficient (Wildman–Crippen LogP) is 4.79. The summed E-state index contributed by atoms with van der Waals surface area (Å²) in [5.41, 5.74) is 3.20. The second-order valence-electron chi connectivity index (χ2n) is 6.79. The monoisotopic (exact) mass is 410 g/mol. The quantitative estimate of drug-likeness (QED) is 0.541. The Morgan fingerprint density at radius 2 is 1.90 bits per heavy atom. The van der Waals surface area contributed by atoms with Crippen LogP contribution in [0, 0.1) is 13.8 Å². The molecule has 0 aliphatic heterocycles. The summed E-state index contributed by atoms with van der Waals surface area (Å²) in [6.45, 7) is 8.83. The predicted molar refractivity (Wildman–Crippen MR) is 116 cm³/mol. The highest BCUT2D eigenvalue weighted by molar-refractivity contribution is 7.99. The van der Waals surface area contributed by atoms with Crippen LogP contribution in [0.1, 0.15) is 36.9 Å². The number of carbonyl (C=O) groups is 1. The zero-order valence-corrected chi connectivity index (χ0v) is 18.0. The number of anilines is 1. The molecular weight excluding hydrogens is 384 g/mol. The first-order valence-corrected chi connectivity index (χ1v) is 10.6. The van der Waals surface area contributed by atoms with Crippen molar-refractivity contribution in [1.82, 2.24) is 14.8 Å². The van der Waals surface area contributed by atoms with E-state index in [0.717, 1.165) is 17.3 Å². The summed E-state index contributed by atoms with van der Waals surface area (Å²) in [6.07, 6.45) is -0.253. The molecule has 3 aromatic rings. The average molecular weight is 411 g/mol. The fraction of sp³-hybridized carbons (Fsp3) is 0.318. The van der Waals surface area contributed by atoms with Gasteiger partial charge in [-0.3, -0.25) is 4.79 Å². The number of thioether (sulfide) groups is 1. The van der Waals surface area contributed by atoms with E-state index in [1.807, 2.05) is 60.9 Å². The van der Waals surface area contributed by atoms with Gasteiger partial charge in [-0.25, -0.2) is 0 Å². The summed E-state index contributed by atoms with van der Waals surface area (Å²) in [6, 6.07) is 15.5. The molecule has 0 saturated heterocycles. The third-order valence-electron chi connectivity index (χ3n) is 4.61. The van der Waals surface area contributed by atoms with Gasteiger partial charge in [0.25, 0.3) is 0 Å². The highest BCUT2D eigenvalue weighted by atomic mass is 32.2. The normalized spacial score (nSPS) is 11.9. The summed E-state index contributed by atoms with van der Waals surface area (Å²) in [5.74, 6) is 1.74. The van der Waals surface area contributed by atoms with Crippen molar-refractivity contribution in [3.05, 3.63) is 65.5 Å². The molecule has 1 aromatic heterocycles. The smallest absolute Gasteiger partial charge is 0.234 e. The van der Waals surface area contributed by atoms with Crippen LogP contribution in [0.5, 0.6) is 5.75 Å². The molecule has 3 rings (SSSR count). The average Bonchev–Trinajstić information content (AvgIpc) is 3.13. The second kappa shape index (κ2) is 9.60. The van der Waals surface area contributed by atoms with Crippen LogP contribution in [0.3, 0.4) is 0 Å². The van der Waals surface area contributed by atoms with Gasteiger partial charge in [-0.05, 0) is 63.1 Å². The molecule has 0 radical (unpaired) electrons. The molecule has 1 amide bonds. The highest BCUT2D eigenvalue weighted by Gasteiger charge is 2.19. The number of nitrogens with zero attached hydrogens (tertiary/aromatic N) is 3. The zero-order valence-electron chi connectivity index (χ0n) is 17.2. The first kappa shape index (κ1) is 20.9. The zero-order chi connectivity index (χ0) is 20.8. The molecule has 0 saturated carbocycles. The Balaban J connectivity index is 1.64. The number of para-hydroxylation sites is 1. The van der Waals surface area contributed by atoms with E-state index in [-0.39, 0.29) is 17.8 Å². The molecule has 7 heteroatoms. The molecule has 0 spiro atoms. The number of amides is 1. The molecule has 152 valence electrons. The van der Waals surface area contributed by atoms with Crippen molar-refractivity contribution in [2.24, 2.45) is 0 Å². The van der Waals surface area contributed by atoms with Gasteiger partial charge in [0, 0.05) is 12.2 Å². The van der Waals surface area contributed by atoms with Gasteiger partial charge in [0.1, 0.15) is 5.75 Å². The Kier molecular flexibility index (Phi) is 6.93. The van der Waals surface area contributed by atoms with Crippen LogP contribution in [0.2, 0.25) is 0 Å². The number of aryl methyl sites for hydroxylation is 2. The van der Waals surface area contributed by atoms with Crippen molar-refractivity contribution < 1.29 is 9.53 Å². The van der Waals surface area contributed by atoms with Gasteiger partial charge in [0.05, 0.1) is 5.75 Å². The molecule has 29 heavy (non-hydrogen) atoms. The van der Waals surface area contributed by atoms with Crippen molar-refractivity contribution in [1.29, 1.82) is 0 Å². The Morgan fingerprint density at radius 3 is 2.59 bits per heavy atom. The lowest BCUT2D eigenvalue weighted by atomic mass is 10.1. The third-order valence-corrected chi connectivity index (χ3v) is 5.57. The fourth-order valence-electron chi connectivity index (χ4n) is 2.90. The number of carbonyl (C=O) groups excluding carboxylic acids is 1. The van der Waals surface area contributed by atoms with Gasteiger partial charge in [0.15, 0.2) is 17.1 Å². The Labute approximate surface area is 175 Å². The van der Waals surface area contributed by atoms with E-state index in [1.165, 1.54) is 22.9 Å². The minimum atomic E-state index is -0.253. The number of benzene rings is 2. The molecular formula is C22H26N4O2S. The first-order valence-electron chi connectivity index (χ1n) is 9.62. The van der Waals surface area contributed by atoms with E-state index in [9.17, 15) is 4.79 Å². The number of nitrogens with one attached hydrogen (secondary N) is 1. The molecule has 1 unspecified atom stereocenters. The molecule has 0 fully saturated rings. The number of rotatable bonds is 8. The van der Waals surface area contributed by atoms with Crippen LogP contribution in [0.25, 0.3) is 0 Å². The maximum Gasteiger partial charge on any atom is 0.234 e. The molecule has 0 aliphatic rings. The number of ether oxygens (including phenoxy) is 1.